The summed E-state index contributed by atoms with van der Waals surface area (Å²) in [5.41, 5.74) is 3.58. The number of benzene rings is 1. The largest absolute Gasteiger partial charge is 0.317 e. The minimum Gasteiger partial charge on any atom is -0.317 e. The summed E-state index contributed by atoms with van der Waals surface area (Å²) in [6, 6.07) is 11.6. The van der Waals surface area contributed by atoms with Crippen LogP contribution in [0.5, 0.6) is 0 Å². The van der Waals surface area contributed by atoms with Crippen molar-refractivity contribution in [3.05, 3.63) is 41.6 Å². The Labute approximate surface area is 121 Å². The smallest absolute Gasteiger partial charge is 0.0705 e. The fourth-order valence-corrected chi connectivity index (χ4v) is 3.01. The Morgan fingerprint density at radius 3 is 2.75 bits per heavy atom. The second-order valence-corrected chi connectivity index (χ2v) is 5.82. The Balaban J connectivity index is 1.70. The fraction of sp³-hybridized carbons (Fsp3) is 0.471. The Hall–Kier alpha value is -1.45. The summed E-state index contributed by atoms with van der Waals surface area (Å²) in [5.74, 6) is 0. The number of aromatic nitrogens is 1. The Morgan fingerprint density at radius 2 is 2.00 bits per heavy atom. The van der Waals surface area contributed by atoms with E-state index >= 15 is 0 Å². The van der Waals surface area contributed by atoms with Crippen molar-refractivity contribution in [2.24, 2.45) is 0 Å². The molecule has 0 unspecified atom stereocenters. The molecule has 1 aliphatic heterocycles. The van der Waals surface area contributed by atoms with Gasteiger partial charge < -0.3 is 5.32 Å². The zero-order chi connectivity index (χ0) is 13.9. The lowest BCUT2D eigenvalue weighted by atomic mass is 10.0. The lowest BCUT2D eigenvalue weighted by Crippen LogP contribution is -2.40. The minimum atomic E-state index is 0.704. The Morgan fingerprint density at radius 1 is 1.20 bits per heavy atom. The minimum absolute atomic E-state index is 0.704. The summed E-state index contributed by atoms with van der Waals surface area (Å²) in [7, 11) is 2.07. The molecule has 0 atom stereocenters. The summed E-state index contributed by atoms with van der Waals surface area (Å²) in [6.45, 7) is 5.48. The van der Waals surface area contributed by atoms with Gasteiger partial charge in [0.1, 0.15) is 0 Å². The average molecular weight is 269 g/mol. The molecular weight excluding hydrogens is 246 g/mol. The molecule has 0 saturated carbocycles. The molecular formula is C17H23N3. The number of nitrogens with one attached hydrogen (secondary N) is 1. The van der Waals surface area contributed by atoms with E-state index in [0.29, 0.717) is 6.04 Å². The topological polar surface area (TPSA) is 28.2 Å². The molecule has 0 radical (unpaired) electrons. The predicted octanol–water partition coefficient (Wildman–Crippen LogP) is 2.73. The molecule has 0 bridgehead atoms. The number of likely N-dealkylation sites (tertiary alicyclic amines) is 1. The van der Waals surface area contributed by atoms with Crippen molar-refractivity contribution >= 4 is 10.9 Å². The molecule has 1 fully saturated rings. The Bertz CT molecular complexity index is 586. The number of aryl methyl sites for hydroxylation is 1. The third-order valence-electron chi connectivity index (χ3n) is 4.29. The maximum atomic E-state index is 4.56. The summed E-state index contributed by atoms with van der Waals surface area (Å²) in [4.78, 5) is 7.11. The highest BCUT2D eigenvalue weighted by Gasteiger charge is 2.17. The van der Waals surface area contributed by atoms with Crippen molar-refractivity contribution in [2.45, 2.75) is 32.4 Å². The maximum Gasteiger partial charge on any atom is 0.0705 e. The number of piperidine rings is 1. The molecule has 2 heterocycles. The fourth-order valence-electron chi connectivity index (χ4n) is 3.01. The zero-order valence-corrected chi connectivity index (χ0v) is 12.4. The molecule has 3 nitrogen and oxygen atoms in total. The standard InChI is InChI=1S/C17H23N3/c1-13-3-5-15-11-14(4-6-17(15)19-13)12-20-9-7-16(18-2)8-10-20/h3-6,11,16,18H,7-10,12H2,1-2H3. The van der Waals surface area contributed by atoms with Crippen LogP contribution in [0.15, 0.2) is 30.3 Å². The molecule has 1 N–H and O–H groups in total. The third kappa shape index (κ3) is 3.00. The first kappa shape index (κ1) is 13.5. The zero-order valence-electron chi connectivity index (χ0n) is 12.4. The van der Waals surface area contributed by atoms with Crippen LogP contribution in [-0.2, 0) is 6.54 Å². The summed E-state index contributed by atoms with van der Waals surface area (Å²) < 4.78 is 0. The van der Waals surface area contributed by atoms with Crippen LogP contribution < -0.4 is 5.32 Å². The van der Waals surface area contributed by atoms with Gasteiger partial charge >= 0.3 is 0 Å². The molecule has 0 amide bonds. The van der Waals surface area contributed by atoms with E-state index in [1.165, 1.54) is 36.9 Å². The number of fused-ring (bicyclic) bond motifs is 1. The first-order valence-electron chi connectivity index (χ1n) is 7.50. The third-order valence-corrected chi connectivity index (χ3v) is 4.29. The molecule has 3 rings (SSSR count). The van der Waals surface area contributed by atoms with Gasteiger partial charge in [-0.05, 0) is 63.7 Å². The SMILES string of the molecule is CNC1CCN(Cc2ccc3nc(C)ccc3c2)CC1. The van der Waals surface area contributed by atoms with E-state index in [2.05, 4.69) is 52.6 Å². The molecule has 1 aliphatic rings. The van der Waals surface area contributed by atoms with Gasteiger partial charge in [0.15, 0.2) is 0 Å². The summed E-state index contributed by atoms with van der Waals surface area (Å²) in [6.07, 6.45) is 2.51. The average Bonchev–Trinajstić information content (AvgIpc) is 2.48. The molecule has 1 aromatic heterocycles. The van der Waals surface area contributed by atoms with Gasteiger partial charge in [-0.2, -0.15) is 0 Å². The highest BCUT2D eigenvalue weighted by Crippen LogP contribution is 2.18. The molecule has 20 heavy (non-hydrogen) atoms. The number of rotatable bonds is 3. The van der Waals surface area contributed by atoms with Crippen molar-refractivity contribution in [2.75, 3.05) is 20.1 Å². The van der Waals surface area contributed by atoms with E-state index in [1.807, 2.05) is 6.92 Å². The highest BCUT2D eigenvalue weighted by atomic mass is 15.1. The molecule has 106 valence electrons. The number of pyridine rings is 1. The predicted molar refractivity (Wildman–Crippen MR) is 83.8 cm³/mol. The lowest BCUT2D eigenvalue weighted by molar-refractivity contribution is 0.194. The van der Waals surface area contributed by atoms with Crippen molar-refractivity contribution < 1.29 is 0 Å². The monoisotopic (exact) mass is 269 g/mol. The van der Waals surface area contributed by atoms with Gasteiger partial charge in [0, 0.05) is 23.7 Å². The van der Waals surface area contributed by atoms with Crippen molar-refractivity contribution in [3.63, 3.8) is 0 Å². The van der Waals surface area contributed by atoms with Gasteiger partial charge in [0.25, 0.3) is 0 Å². The van der Waals surface area contributed by atoms with E-state index in [4.69, 9.17) is 0 Å². The first-order chi connectivity index (χ1) is 9.74. The molecule has 3 heteroatoms. The van der Waals surface area contributed by atoms with Gasteiger partial charge in [-0.15, -0.1) is 0 Å². The van der Waals surface area contributed by atoms with Crippen LogP contribution in [0.4, 0.5) is 0 Å². The second kappa shape index (κ2) is 5.90. The number of nitrogens with zero attached hydrogens (tertiary/aromatic N) is 2. The molecule has 2 aromatic rings. The first-order valence-corrected chi connectivity index (χ1v) is 7.50. The maximum absolute atomic E-state index is 4.56. The summed E-state index contributed by atoms with van der Waals surface area (Å²) >= 11 is 0. The number of hydrogen-bond donors (Lipinski definition) is 1. The van der Waals surface area contributed by atoms with Crippen LogP contribution in [0.2, 0.25) is 0 Å². The van der Waals surface area contributed by atoms with Gasteiger partial charge in [-0.25, -0.2) is 0 Å². The van der Waals surface area contributed by atoms with Crippen LogP contribution in [0.1, 0.15) is 24.1 Å². The lowest BCUT2D eigenvalue weighted by Gasteiger charge is -2.31. The van der Waals surface area contributed by atoms with E-state index in [9.17, 15) is 0 Å². The van der Waals surface area contributed by atoms with Crippen LogP contribution in [0.3, 0.4) is 0 Å². The van der Waals surface area contributed by atoms with Gasteiger partial charge in [-0.3, -0.25) is 9.88 Å². The van der Waals surface area contributed by atoms with E-state index in [1.54, 1.807) is 0 Å². The van der Waals surface area contributed by atoms with Gasteiger partial charge in [0.05, 0.1) is 5.52 Å². The van der Waals surface area contributed by atoms with E-state index < -0.39 is 0 Å². The van der Waals surface area contributed by atoms with E-state index in [-0.39, 0.29) is 0 Å². The van der Waals surface area contributed by atoms with Crippen LogP contribution in [0.25, 0.3) is 10.9 Å². The Kier molecular flexibility index (Phi) is 3.99. The van der Waals surface area contributed by atoms with Crippen molar-refractivity contribution in [1.82, 2.24) is 15.2 Å². The molecule has 1 saturated heterocycles. The number of hydrogen-bond acceptors (Lipinski definition) is 3. The highest BCUT2D eigenvalue weighted by molar-refractivity contribution is 5.79. The molecule has 0 spiro atoms. The van der Waals surface area contributed by atoms with Gasteiger partial charge in [0.2, 0.25) is 0 Å². The van der Waals surface area contributed by atoms with Crippen LogP contribution in [0, 0.1) is 6.92 Å². The van der Waals surface area contributed by atoms with Crippen molar-refractivity contribution in [1.29, 1.82) is 0 Å². The molecule has 1 aromatic carbocycles. The van der Waals surface area contributed by atoms with E-state index in [0.717, 1.165) is 17.8 Å². The van der Waals surface area contributed by atoms with Crippen LogP contribution in [-0.4, -0.2) is 36.1 Å². The summed E-state index contributed by atoms with van der Waals surface area (Å²) in [5, 5.41) is 4.63. The van der Waals surface area contributed by atoms with Crippen molar-refractivity contribution in [3.8, 4) is 0 Å². The van der Waals surface area contributed by atoms with Crippen LogP contribution >= 0.6 is 0 Å². The van der Waals surface area contributed by atoms with Gasteiger partial charge in [-0.1, -0.05) is 12.1 Å². The normalized spacial score (nSPS) is 17.7. The quantitative estimate of drug-likeness (QED) is 0.928. The second-order valence-electron chi connectivity index (χ2n) is 5.82. The molecule has 0 aliphatic carbocycles.